The van der Waals surface area contributed by atoms with E-state index in [0.717, 1.165) is 22.0 Å². The van der Waals surface area contributed by atoms with Gasteiger partial charge in [-0.2, -0.15) is 0 Å². The number of nitrogens with one attached hydrogen (secondary N) is 1. The summed E-state index contributed by atoms with van der Waals surface area (Å²) in [6.07, 6.45) is 1.80. The number of carbonyl (C=O) groups excluding carboxylic acids is 2. The minimum Gasteiger partial charge on any atom is -0.507 e. The molecule has 1 aliphatic rings. The molecule has 1 saturated heterocycles. The van der Waals surface area contributed by atoms with Crippen molar-refractivity contribution in [3.8, 4) is 5.75 Å². The van der Waals surface area contributed by atoms with E-state index >= 15 is 0 Å². The lowest BCUT2D eigenvalue weighted by Crippen LogP contribution is -2.29. The third-order valence-electron chi connectivity index (χ3n) is 6.06. The number of aryl methyl sites for hydroxylation is 1. The highest BCUT2D eigenvalue weighted by Gasteiger charge is 2.47. The van der Waals surface area contributed by atoms with Gasteiger partial charge in [0, 0.05) is 33.9 Å². The van der Waals surface area contributed by atoms with Crippen LogP contribution in [0.5, 0.6) is 5.75 Å². The Hall–Kier alpha value is -4.32. The summed E-state index contributed by atoms with van der Waals surface area (Å²) in [4.78, 5) is 31.5. The van der Waals surface area contributed by atoms with Crippen molar-refractivity contribution in [2.45, 2.75) is 19.9 Å². The zero-order valence-electron chi connectivity index (χ0n) is 18.9. The molecule has 0 aliphatic carbocycles. The molecule has 0 bridgehead atoms. The number of aliphatic hydroxyl groups is 1. The molecule has 34 heavy (non-hydrogen) atoms. The molecule has 0 radical (unpaired) electrons. The molecule has 0 saturated carbocycles. The minimum absolute atomic E-state index is 0.0462. The first-order valence-electron chi connectivity index (χ1n) is 11.2. The number of hydrogen-bond acceptors (Lipinski definition) is 4. The number of benzene rings is 3. The molecular formula is C28H24N2O4. The van der Waals surface area contributed by atoms with Crippen molar-refractivity contribution in [1.82, 2.24) is 4.98 Å². The fourth-order valence-corrected chi connectivity index (χ4v) is 4.55. The second-order valence-corrected chi connectivity index (χ2v) is 8.26. The third-order valence-corrected chi connectivity index (χ3v) is 6.06. The maximum atomic E-state index is 13.4. The Morgan fingerprint density at radius 1 is 1.03 bits per heavy atom. The van der Waals surface area contributed by atoms with E-state index in [9.17, 15) is 14.7 Å². The average molecular weight is 453 g/mol. The molecule has 1 aromatic heterocycles. The molecule has 5 rings (SSSR count). The lowest BCUT2D eigenvalue weighted by atomic mass is 9.94. The van der Waals surface area contributed by atoms with Crippen molar-refractivity contribution in [3.63, 3.8) is 0 Å². The van der Waals surface area contributed by atoms with Gasteiger partial charge in [-0.1, -0.05) is 42.5 Å². The molecule has 1 fully saturated rings. The molecule has 3 aromatic carbocycles. The Balaban J connectivity index is 1.76. The first-order valence-corrected chi connectivity index (χ1v) is 11.2. The summed E-state index contributed by atoms with van der Waals surface area (Å²) in [6.45, 7) is 4.27. The maximum absolute atomic E-state index is 13.4. The molecule has 1 unspecified atom stereocenters. The molecule has 6 nitrogen and oxygen atoms in total. The van der Waals surface area contributed by atoms with E-state index in [1.54, 1.807) is 36.5 Å². The zero-order valence-corrected chi connectivity index (χ0v) is 18.9. The van der Waals surface area contributed by atoms with Crippen LogP contribution in [0.15, 0.2) is 84.6 Å². The summed E-state index contributed by atoms with van der Waals surface area (Å²) in [6, 6.07) is 21.2. The van der Waals surface area contributed by atoms with Crippen molar-refractivity contribution in [2.24, 2.45) is 0 Å². The average Bonchev–Trinajstić information content (AvgIpc) is 3.37. The van der Waals surface area contributed by atoms with Crippen LogP contribution in [-0.2, 0) is 9.59 Å². The van der Waals surface area contributed by atoms with Gasteiger partial charge in [0.25, 0.3) is 11.7 Å². The molecule has 2 N–H and O–H groups in total. The number of carbonyl (C=O) groups is 2. The van der Waals surface area contributed by atoms with Crippen LogP contribution < -0.4 is 9.64 Å². The Morgan fingerprint density at radius 2 is 1.82 bits per heavy atom. The predicted octanol–water partition coefficient (Wildman–Crippen LogP) is 5.50. The van der Waals surface area contributed by atoms with E-state index in [-0.39, 0.29) is 11.3 Å². The number of anilines is 1. The van der Waals surface area contributed by atoms with E-state index in [1.165, 1.54) is 4.90 Å². The highest BCUT2D eigenvalue weighted by Crippen LogP contribution is 2.44. The van der Waals surface area contributed by atoms with Gasteiger partial charge < -0.3 is 14.8 Å². The maximum Gasteiger partial charge on any atom is 0.300 e. The van der Waals surface area contributed by atoms with Crippen molar-refractivity contribution in [2.75, 3.05) is 11.5 Å². The number of aromatic amines is 1. The normalized spacial score (nSPS) is 17.5. The number of para-hydroxylation sites is 1. The van der Waals surface area contributed by atoms with Gasteiger partial charge in [-0.05, 0) is 49.7 Å². The summed E-state index contributed by atoms with van der Waals surface area (Å²) in [5, 5.41) is 12.3. The van der Waals surface area contributed by atoms with Gasteiger partial charge in [0.05, 0.1) is 18.2 Å². The molecule has 4 aromatic rings. The monoisotopic (exact) mass is 452 g/mol. The van der Waals surface area contributed by atoms with Crippen LogP contribution >= 0.6 is 0 Å². The molecule has 2 heterocycles. The summed E-state index contributed by atoms with van der Waals surface area (Å²) in [5.74, 6) is -1.06. The molecule has 6 heteroatoms. The molecule has 170 valence electrons. The number of ether oxygens (including phenoxy) is 1. The Labute approximate surface area is 197 Å². The molecular weight excluding hydrogens is 428 g/mol. The zero-order chi connectivity index (χ0) is 23.8. The van der Waals surface area contributed by atoms with Crippen LogP contribution in [0, 0.1) is 6.92 Å². The summed E-state index contributed by atoms with van der Waals surface area (Å²) >= 11 is 0. The summed E-state index contributed by atoms with van der Waals surface area (Å²) < 4.78 is 5.57. The lowest BCUT2D eigenvalue weighted by Gasteiger charge is -2.25. The molecule has 1 amide bonds. The van der Waals surface area contributed by atoms with Crippen molar-refractivity contribution in [3.05, 3.63) is 101 Å². The quantitative estimate of drug-likeness (QED) is 0.238. The standard InChI is InChI=1S/C28H24N2O4/c1-3-34-20-11-7-9-18(15-20)26(31)24-25(22-16-29-23-13-5-4-12-21(22)23)30(28(33)27(24)32)19-10-6-8-17(2)14-19/h4-16,25,29,31H,3H2,1-2H3/b26-24+. The largest absolute Gasteiger partial charge is 0.507 e. The Bertz CT molecular complexity index is 1450. The number of nitrogens with zero attached hydrogens (tertiary/aromatic N) is 1. The number of amides is 1. The van der Waals surface area contributed by atoms with Crippen molar-refractivity contribution >= 4 is 34.0 Å². The van der Waals surface area contributed by atoms with Gasteiger partial charge in [0.1, 0.15) is 11.5 Å². The number of aliphatic hydroxyl groups excluding tert-OH is 1. The Kier molecular flexibility index (Phi) is 5.42. The van der Waals surface area contributed by atoms with Gasteiger partial charge in [0.15, 0.2) is 0 Å². The third kappa shape index (κ3) is 3.53. The first kappa shape index (κ1) is 21.5. The second kappa shape index (κ2) is 8.56. The van der Waals surface area contributed by atoms with E-state index < -0.39 is 17.7 Å². The number of aromatic nitrogens is 1. The smallest absolute Gasteiger partial charge is 0.300 e. The van der Waals surface area contributed by atoms with Gasteiger partial charge in [-0.25, -0.2) is 0 Å². The topological polar surface area (TPSA) is 82.6 Å². The van der Waals surface area contributed by atoms with E-state index in [4.69, 9.17) is 4.74 Å². The van der Waals surface area contributed by atoms with Gasteiger partial charge >= 0.3 is 0 Å². The minimum atomic E-state index is -0.798. The predicted molar refractivity (Wildman–Crippen MR) is 132 cm³/mol. The summed E-state index contributed by atoms with van der Waals surface area (Å²) in [5.41, 5.74) is 3.63. The van der Waals surface area contributed by atoms with Crippen molar-refractivity contribution in [1.29, 1.82) is 0 Å². The van der Waals surface area contributed by atoms with Gasteiger partial charge in [-0.3, -0.25) is 14.5 Å². The van der Waals surface area contributed by atoms with Crippen LogP contribution in [0.2, 0.25) is 0 Å². The van der Waals surface area contributed by atoms with Crippen LogP contribution in [0.25, 0.3) is 16.7 Å². The van der Waals surface area contributed by atoms with E-state index in [2.05, 4.69) is 4.98 Å². The summed E-state index contributed by atoms with van der Waals surface area (Å²) in [7, 11) is 0. The number of fused-ring (bicyclic) bond motifs is 1. The van der Waals surface area contributed by atoms with Gasteiger partial charge in [0.2, 0.25) is 0 Å². The second-order valence-electron chi connectivity index (χ2n) is 8.26. The fourth-order valence-electron chi connectivity index (χ4n) is 4.55. The van der Waals surface area contributed by atoms with Crippen molar-refractivity contribution < 1.29 is 19.4 Å². The molecule has 1 aliphatic heterocycles. The van der Waals surface area contributed by atoms with Crippen LogP contribution in [-0.4, -0.2) is 28.4 Å². The highest BCUT2D eigenvalue weighted by atomic mass is 16.5. The number of Topliss-reactive ketones (excluding diaryl/α,β-unsaturated/α-hetero) is 1. The number of hydrogen-bond donors (Lipinski definition) is 2. The highest BCUT2D eigenvalue weighted by molar-refractivity contribution is 6.51. The fraction of sp³-hybridized carbons (Fsp3) is 0.143. The SMILES string of the molecule is CCOc1cccc(/C(O)=C2\C(=O)C(=O)N(c3cccc(C)c3)C2c2c[nH]c3ccccc23)c1. The molecule has 0 spiro atoms. The Morgan fingerprint density at radius 3 is 2.62 bits per heavy atom. The number of H-pyrrole nitrogens is 1. The van der Waals surface area contributed by atoms with Crippen LogP contribution in [0.3, 0.4) is 0 Å². The first-order chi connectivity index (χ1) is 16.5. The number of ketones is 1. The van der Waals surface area contributed by atoms with E-state index in [1.807, 2.05) is 56.3 Å². The van der Waals surface area contributed by atoms with Gasteiger partial charge in [-0.15, -0.1) is 0 Å². The van der Waals surface area contributed by atoms with E-state index in [0.29, 0.717) is 23.6 Å². The van der Waals surface area contributed by atoms with Crippen LogP contribution in [0.4, 0.5) is 5.69 Å². The lowest BCUT2D eigenvalue weighted by molar-refractivity contribution is -0.132. The van der Waals surface area contributed by atoms with Crippen LogP contribution in [0.1, 0.15) is 29.7 Å². The molecule has 1 atom stereocenters. The number of rotatable bonds is 5.